The van der Waals surface area contributed by atoms with Crippen LogP contribution < -0.4 is 5.73 Å². The van der Waals surface area contributed by atoms with E-state index in [4.69, 9.17) is 10.8 Å². The molecule has 0 aliphatic rings. The molecule has 0 radical (unpaired) electrons. The van der Waals surface area contributed by atoms with Crippen LogP contribution in [0.4, 0.5) is 14.5 Å². The van der Waals surface area contributed by atoms with Crippen molar-refractivity contribution in [3.05, 3.63) is 47.7 Å². The molecule has 98 valence electrons. The van der Waals surface area contributed by atoms with Crippen LogP contribution in [-0.4, -0.2) is 16.1 Å². The third-order valence-corrected chi connectivity index (χ3v) is 3.23. The summed E-state index contributed by atoms with van der Waals surface area (Å²) in [4.78, 5) is 14.9. The van der Waals surface area contributed by atoms with Gasteiger partial charge in [-0.3, -0.25) is 0 Å². The fraction of sp³-hybridized carbons (Fsp3) is 0. The van der Waals surface area contributed by atoms with Gasteiger partial charge >= 0.3 is 5.97 Å². The highest BCUT2D eigenvalue weighted by molar-refractivity contribution is 7.99. The molecule has 0 amide bonds. The average Bonchev–Trinajstić information content (AvgIpc) is 2.34. The Bertz CT molecular complexity index is 650. The first-order valence-corrected chi connectivity index (χ1v) is 5.90. The summed E-state index contributed by atoms with van der Waals surface area (Å²) in [6, 6.07) is 4.36. The minimum Gasteiger partial charge on any atom is -0.478 e. The van der Waals surface area contributed by atoms with Crippen molar-refractivity contribution in [3.63, 3.8) is 0 Å². The van der Waals surface area contributed by atoms with Crippen molar-refractivity contribution in [2.24, 2.45) is 0 Å². The molecule has 3 N–H and O–H groups in total. The van der Waals surface area contributed by atoms with Gasteiger partial charge in [0.1, 0.15) is 16.7 Å². The SMILES string of the molecule is Nc1cnc(Sc2ccc(F)cc2F)cc1C(=O)O. The summed E-state index contributed by atoms with van der Waals surface area (Å²) in [6.45, 7) is 0. The second kappa shape index (κ2) is 5.23. The number of carbonyl (C=O) groups is 1. The number of nitrogens with two attached hydrogens (primary N) is 1. The van der Waals surface area contributed by atoms with Crippen LogP contribution in [0.2, 0.25) is 0 Å². The summed E-state index contributed by atoms with van der Waals surface area (Å²) < 4.78 is 26.2. The van der Waals surface area contributed by atoms with Crippen LogP contribution in [0.15, 0.2) is 40.4 Å². The normalized spacial score (nSPS) is 10.4. The summed E-state index contributed by atoms with van der Waals surface area (Å²) in [7, 11) is 0. The number of anilines is 1. The third kappa shape index (κ3) is 3.00. The first-order chi connectivity index (χ1) is 8.97. The van der Waals surface area contributed by atoms with Gasteiger partial charge in [-0.25, -0.2) is 18.6 Å². The van der Waals surface area contributed by atoms with E-state index in [0.717, 1.165) is 23.9 Å². The Labute approximate surface area is 111 Å². The Balaban J connectivity index is 2.33. The first kappa shape index (κ1) is 13.3. The van der Waals surface area contributed by atoms with Gasteiger partial charge in [-0.2, -0.15) is 0 Å². The number of rotatable bonds is 3. The third-order valence-electron chi connectivity index (χ3n) is 2.25. The maximum atomic E-state index is 13.4. The van der Waals surface area contributed by atoms with Gasteiger partial charge in [-0.1, -0.05) is 11.8 Å². The number of nitrogens with zero attached hydrogens (tertiary/aromatic N) is 1. The molecule has 0 spiro atoms. The molecule has 1 aromatic heterocycles. The topological polar surface area (TPSA) is 76.2 Å². The lowest BCUT2D eigenvalue weighted by atomic mass is 10.2. The van der Waals surface area contributed by atoms with Gasteiger partial charge in [0.2, 0.25) is 0 Å². The summed E-state index contributed by atoms with van der Waals surface area (Å²) in [6.07, 6.45) is 1.19. The minimum absolute atomic E-state index is 0.0245. The zero-order valence-corrected chi connectivity index (χ0v) is 10.2. The highest BCUT2D eigenvalue weighted by Crippen LogP contribution is 2.30. The van der Waals surface area contributed by atoms with Gasteiger partial charge in [-0.15, -0.1) is 0 Å². The van der Waals surface area contributed by atoms with Crippen LogP contribution in [0.5, 0.6) is 0 Å². The van der Waals surface area contributed by atoms with E-state index in [2.05, 4.69) is 4.98 Å². The highest BCUT2D eigenvalue weighted by atomic mass is 32.2. The summed E-state index contributed by atoms with van der Waals surface area (Å²) in [5.74, 6) is -2.61. The lowest BCUT2D eigenvalue weighted by Gasteiger charge is -2.05. The van der Waals surface area contributed by atoms with Crippen LogP contribution in [0.1, 0.15) is 10.4 Å². The Hall–Kier alpha value is -2.15. The lowest BCUT2D eigenvalue weighted by Crippen LogP contribution is -2.03. The molecule has 2 aromatic rings. The molecule has 1 heterocycles. The Morgan fingerprint density at radius 2 is 2.05 bits per heavy atom. The maximum absolute atomic E-state index is 13.4. The molecule has 0 aliphatic heterocycles. The molecular weight excluding hydrogens is 274 g/mol. The molecule has 0 bridgehead atoms. The fourth-order valence-electron chi connectivity index (χ4n) is 1.36. The molecule has 2 rings (SSSR count). The van der Waals surface area contributed by atoms with Crippen molar-refractivity contribution in [2.75, 3.05) is 5.73 Å². The fourth-order valence-corrected chi connectivity index (χ4v) is 2.16. The summed E-state index contributed by atoms with van der Waals surface area (Å²) in [5, 5.41) is 9.17. The van der Waals surface area contributed by atoms with E-state index in [1.54, 1.807) is 0 Å². The number of halogens is 2. The number of hydrogen-bond donors (Lipinski definition) is 2. The zero-order valence-electron chi connectivity index (χ0n) is 9.43. The van der Waals surface area contributed by atoms with Gasteiger partial charge < -0.3 is 10.8 Å². The van der Waals surface area contributed by atoms with Crippen LogP contribution in [-0.2, 0) is 0 Å². The molecule has 7 heteroatoms. The number of hydrogen-bond acceptors (Lipinski definition) is 4. The number of carboxylic acids is 1. The molecule has 0 atom stereocenters. The van der Waals surface area contributed by atoms with Gasteiger partial charge in [0, 0.05) is 11.0 Å². The zero-order chi connectivity index (χ0) is 14.0. The van der Waals surface area contributed by atoms with Gasteiger partial charge in [0.05, 0.1) is 17.4 Å². The first-order valence-electron chi connectivity index (χ1n) is 5.09. The van der Waals surface area contributed by atoms with E-state index < -0.39 is 17.6 Å². The quantitative estimate of drug-likeness (QED) is 0.905. The Kier molecular flexibility index (Phi) is 3.66. The van der Waals surface area contributed by atoms with Crippen molar-refractivity contribution >= 4 is 23.4 Å². The predicted octanol–water partition coefficient (Wildman–Crippen LogP) is 2.79. The predicted molar refractivity (Wildman–Crippen MR) is 66.1 cm³/mol. The van der Waals surface area contributed by atoms with E-state index >= 15 is 0 Å². The van der Waals surface area contributed by atoms with Crippen molar-refractivity contribution in [1.29, 1.82) is 0 Å². The largest absolute Gasteiger partial charge is 0.478 e. The molecule has 19 heavy (non-hydrogen) atoms. The molecule has 4 nitrogen and oxygen atoms in total. The summed E-state index contributed by atoms with van der Waals surface area (Å²) in [5.41, 5.74) is 5.37. The number of aromatic carboxylic acids is 1. The number of nitrogen functional groups attached to an aromatic ring is 1. The lowest BCUT2D eigenvalue weighted by molar-refractivity contribution is 0.0697. The van der Waals surface area contributed by atoms with Crippen LogP contribution in [0.25, 0.3) is 0 Å². The smallest absolute Gasteiger partial charge is 0.337 e. The second-order valence-corrected chi connectivity index (χ2v) is 4.65. The van der Waals surface area contributed by atoms with E-state index in [9.17, 15) is 13.6 Å². The molecule has 1 aromatic carbocycles. The van der Waals surface area contributed by atoms with Crippen molar-refractivity contribution in [3.8, 4) is 0 Å². The number of benzene rings is 1. The van der Waals surface area contributed by atoms with Crippen LogP contribution >= 0.6 is 11.8 Å². The number of carboxylic acid groups (broad SMARTS) is 1. The molecule has 0 saturated carbocycles. The molecule has 0 aliphatic carbocycles. The Morgan fingerprint density at radius 3 is 2.68 bits per heavy atom. The van der Waals surface area contributed by atoms with Crippen molar-refractivity contribution < 1.29 is 18.7 Å². The van der Waals surface area contributed by atoms with Gasteiger partial charge in [-0.05, 0) is 18.2 Å². The van der Waals surface area contributed by atoms with E-state index in [1.165, 1.54) is 18.3 Å². The number of pyridine rings is 1. The van der Waals surface area contributed by atoms with Crippen molar-refractivity contribution in [1.82, 2.24) is 4.98 Å². The molecule has 0 saturated heterocycles. The minimum atomic E-state index is -1.19. The van der Waals surface area contributed by atoms with Gasteiger partial charge in [0.15, 0.2) is 0 Å². The van der Waals surface area contributed by atoms with E-state index in [0.29, 0.717) is 0 Å². The average molecular weight is 282 g/mol. The highest BCUT2D eigenvalue weighted by Gasteiger charge is 2.12. The molecule has 0 unspecified atom stereocenters. The Morgan fingerprint density at radius 1 is 1.32 bits per heavy atom. The number of aromatic nitrogens is 1. The van der Waals surface area contributed by atoms with Gasteiger partial charge in [0.25, 0.3) is 0 Å². The van der Waals surface area contributed by atoms with Crippen LogP contribution in [0.3, 0.4) is 0 Å². The molecule has 0 fully saturated rings. The van der Waals surface area contributed by atoms with Crippen molar-refractivity contribution in [2.45, 2.75) is 9.92 Å². The van der Waals surface area contributed by atoms with E-state index in [-0.39, 0.29) is 21.2 Å². The standard InChI is InChI=1S/C12H8F2N2O2S/c13-6-1-2-10(8(14)3-6)19-11-4-7(12(17)18)9(15)5-16-11/h1-5H,15H2,(H,17,18). The van der Waals surface area contributed by atoms with Crippen LogP contribution in [0, 0.1) is 11.6 Å². The molecular formula is C12H8F2N2O2S. The maximum Gasteiger partial charge on any atom is 0.337 e. The van der Waals surface area contributed by atoms with E-state index in [1.807, 2.05) is 0 Å². The monoisotopic (exact) mass is 282 g/mol. The second-order valence-electron chi connectivity index (χ2n) is 3.59. The summed E-state index contributed by atoms with van der Waals surface area (Å²) >= 11 is 0.892.